The van der Waals surface area contributed by atoms with E-state index in [1.165, 1.54) is 18.0 Å². The molecule has 0 aliphatic carbocycles. The van der Waals surface area contributed by atoms with E-state index in [-0.39, 0.29) is 17.7 Å². The predicted octanol–water partition coefficient (Wildman–Crippen LogP) is 3.22. The number of aliphatic hydroxyl groups is 1. The normalized spacial score (nSPS) is 13.8. The van der Waals surface area contributed by atoms with Crippen LogP contribution in [0.3, 0.4) is 0 Å². The zero-order chi connectivity index (χ0) is 16.2. The maximum atomic E-state index is 12.1. The minimum absolute atomic E-state index is 0.122. The van der Waals surface area contributed by atoms with Crippen LogP contribution in [-0.2, 0) is 4.79 Å². The third-order valence-corrected chi connectivity index (χ3v) is 5.49. The van der Waals surface area contributed by atoms with Gasteiger partial charge in [0.1, 0.15) is 11.9 Å². The van der Waals surface area contributed by atoms with Crippen molar-refractivity contribution in [3.63, 3.8) is 0 Å². The van der Waals surface area contributed by atoms with E-state index < -0.39 is 6.10 Å². The largest absolute Gasteiger partial charge is 0.467 e. The monoisotopic (exact) mass is 348 g/mol. The molecule has 0 radical (unpaired) electrons. The van der Waals surface area contributed by atoms with Crippen LogP contribution in [0.5, 0.6) is 0 Å². The van der Waals surface area contributed by atoms with Gasteiger partial charge < -0.3 is 14.8 Å². The molecule has 2 aromatic heterocycles. The third-order valence-electron chi connectivity index (χ3n) is 3.26. The number of carbonyl (C=O) groups is 1. The first-order valence-electron chi connectivity index (χ1n) is 7.15. The zero-order valence-electron chi connectivity index (χ0n) is 12.4. The van der Waals surface area contributed by atoms with Crippen molar-refractivity contribution >= 4 is 39.2 Å². The highest BCUT2D eigenvalue weighted by atomic mass is 32.2. The number of hydrogen-bond acceptors (Lipinski definition) is 6. The van der Waals surface area contributed by atoms with Crippen LogP contribution in [0.1, 0.15) is 18.8 Å². The molecule has 3 rings (SSSR count). The van der Waals surface area contributed by atoms with Crippen LogP contribution in [-0.4, -0.2) is 27.8 Å². The third kappa shape index (κ3) is 3.93. The number of fused-ring (bicyclic) bond motifs is 1. The summed E-state index contributed by atoms with van der Waals surface area (Å²) in [5.41, 5.74) is 0.945. The van der Waals surface area contributed by atoms with Crippen LogP contribution in [0.25, 0.3) is 10.2 Å². The molecule has 0 saturated carbocycles. The number of rotatable bonds is 6. The topological polar surface area (TPSA) is 75.4 Å². The average Bonchev–Trinajstić information content (AvgIpc) is 3.20. The first-order chi connectivity index (χ1) is 11.1. The number of carbonyl (C=O) groups excluding carboxylic acids is 1. The molecule has 7 heteroatoms. The molecule has 0 unspecified atom stereocenters. The summed E-state index contributed by atoms with van der Waals surface area (Å²) in [7, 11) is 0. The summed E-state index contributed by atoms with van der Waals surface area (Å²) in [6, 6.07) is 11.3. The molecule has 1 aromatic carbocycles. The van der Waals surface area contributed by atoms with Crippen LogP contribution < -0.4 is 5.32 Å². The van der Waals surface area contributed by atoms with Gasteiger partial charge in [-0.15, -0.1) is 11.3 Å². The van der Waals surface area contributed by atoms with Crippen molar-refractivity contribution in [3.8, 4) is 0 Å². The van der Waals surface area contributed by atoms with Gasteiger partial charge in [0.05, 0.1) is 28.3 Å². The lowest BCUT2D eigenvalue weighted by molar-refractivity contribution is -0.120. The van der Waals surface area contributed by atoms with Gasteiger partial charge in [0.25, 0.3) is 0 Å². The summed E-state index contributed by atoms with van der Waals surface area (Å²) in [5.74, 6) is 0.302. The number of aromatic nitrogens is 1. The van der Waals surface area contributed by atoms with Crippen molar-refractivity contribution in [2.45, 2.75) is 22.6 Å². The Labute approximate surface area is 141 Å². The van der Waals surface area contributed by atoms with Gasteiger partial charge in [0, 0.05) is 0 Å². The highest BCUT2D eigenvalue weighted by molar-refractivity contribution is 8.02. The smallest absolute Gasteiger partial charge is 0.233 e. The molecule has 0 aliphatic rings. The number of hydrogen-bond donors (Lipinski definition) is 2. The fourth-order valence-corrected chi connectivity index (χ4v) is 4.26. The second kappa shape index (κ2) is 7.16. The van der Waals surface area contributed by atoms with Crippen molar-refractivity contribution in [2.24, 2.45) is 0 Å². The molecule has 2 N–H and O–H groups in total. The molecular formula is C16H16N2O3S2. The standard InChI is InChI=1S/C16H16N2O3S2/c1-10(15(20)17-9-12(19)13-6-4-8-21-13)22-16-18-11-5-2-3-7-14(11)23-16/h2-8,10,12,19H,9H2,1H3,(H,17,20)/t10-,12-/m0/s1. The molecule has 3 aromatic rings. The van der Waals surface area contributed by atoms with E-state index in [9.17, 15) is 9.90 Å². The Kier molecular flexibility index (Phi) is 5.00. The lowest BCUT2D eigenvalue weighted by Crippen LogP contribution is -2.34. The quantitative estimate of drug-likeness (QED) is 0.669. The summed E-state index contributed by atoms with van der Waals surface area (Å²) in [6.45, 7) is 1.95. The molecule has 0 spiro atoms. The fraction of sp³-hybridized carbons (Fsp3) is 0.250. The number of benzene rings is 1. The first kappa shape index (κ1) is 16.0. The molecule has 120 valence electrons. The van der Waals surface area contributed by atoms with E-state index in [2.05, 4.69) is 10.3 Å². The maximum absolute atomic E-state index is 12.1. The Balaban J connectivity index is 1.55. The number of aliphatic hydroxyl groups excluding tert-OH is 1. The summed E-state index contributed by atoms with van der Waals surface area (Å²) >= 11 is 2.99. The van der Waals surface area contributed by atoms with E-state index in [4.69, 9.17) is 4.42 Å². The molecule has 0 saturated heterocycles. The zero-order valence-corrected chi connectivity index (χ0v) is 14.1. The minimum Gasteiger partial charge on any atom is -0.467 e. The van der Waals surface area contributed by atoms with Crippen molar-refractivity contribution in [1.82, 2.24) is 10.3 Å². The van der Waals surface area contributed by atoms with Crippen LogP contribution in [0, 0.1) is 0 Å². The Morgan fingerprint density at radius 2 is 2.22 bits per heavy atom. The number of nitrogens with one attached hydrogen (secondary N) is 1. The summed E-state index contributed by atoms with van der Waals surface area (Å²) < 4.78 is 7.07. The van der Waals surface area contributed by atoms with Crippen LogP contribution in [0.4, 0.5) is 0 Å². The van der Waals surface area contributed by atoms with Crippen molar-refractivity contribution < 1.29 is 14.3 Å². The van der Waals surface area contributed by atoms with Gasteiger partial charge >= 0.3 is 0 Å². The minimum atomic E-state index is -0.839. The second-order valence-electron chi connectivity index (χ2n) is 4.98. The van der Waals surface area contributed by atoms with Gasteiger partial charge in [-0.1, -0.05) is 23.9 Å². The van der Waals surface area contributed by atoms with Crippen LogP contribution in [0.2, 0.25) is 0 Å². The van der Waals surface area contributed by atoms with Gasteiger partial charge in [0.15, 0.2) is 4.34 Å². The van der Waals surface area contributed by atoms with E-state index in [0.29, 0.717) is 5.76 Å². The Morgan fingerprint density at radius 1 is 1.39 bits per heavy atom. The average molecular weight is 348 g/mol. The Morgan fingerprint density at radius 3 is 2.96 bits per heavy atom. The van der Waals surface area contributed by atoms with Gasteiger partial charge in [-0.05, 0) is 31.2 Å². The SMILES string of the molecule is C[C@H](Sc1nc2ccccc2s1)C(=O)NC[C@H](O)c1ccco1. The number of thiazole rings is 1. The van der Waals surface area contributed by atoms with Gasteiger partial charge in [0.2, 0.25) is 5.91 Å². The van der Waals surface area contributed by atoms with E-state index >= 15 is 0 Å². The lowest BCUT2D eigenvalue weighted by atomic mass is 10.2. The number of amides is 1. The molecule has 1 amide bonds. The number of furan rings is 1. The number of nitrogens with zero attached hydrogens (tertiary/aromatic N) is 1. The van der Waals surface area contributed by atoms with Gasteiger partial charge in [-0.3, -0.25) is 4.79 Å². The molecular weight excluding hydrogens is 332 g/mol. The summed E-state index contributed by atoms with van der Waals surface area (Å²) in [4.78, 5) is 16.6. The molecule has 0 bridgehead atoms. The maximum Gasteiger partial charge on any atom is 0.233 e. The van der Waals surface area contributed by atoms with E-state index in [0.717, 1.165) is 14.6 Å². The number of para-hydroxylation sites is 1. The van der Waals surface area contributed by atoms with Gasteiger partial charge in [-0.25, -0.2) is 4.98 Å². The Hall–Kier alpha value is -1.83. The predicted molar refractivity (Wildman–Crippen MR) is 91.6 cm³/mol. The van der Waals surface area contributed by atoms with Crippen LogP contribution >= 0.6 is 23.1 Å². The lowest BCUT2D eigenvalue weighted by Gasteiger charge is -2.12. The second-order valence-corrected chi connectivity index (χ2v) is 7.60. The Bertz CT molecular complexity index is 753. The number of thioether (sulfide) groups is 1. The van der Waals surface area contributed by atoms with Crippen LogP contribution in [0.15, 0.2) is 51.4 Å². The molecule has 2 atom stereocenters. The summed E-state index contributed by atoms with van der Waals surface area (Å²) in [5, 5.41) is 12.3. The molecule has 0 aliphatic heterocycles. The van der Waals surface area contributed by atoms with Crippen molar-refractivity contribution in [2.75, 3.05) is 6.54 Å². The van der Waals surface area contributed by atoms with E-state index in [1.54, 1.807) is 23.5 Å². The fourth-order valence-electron chi connectivity index (χ4n) is 2.03. The van der Waals surface area contributed by atoms with Crippen molar-refractivity contribution in [3.05, 3.63) is 48.4 Å². The molecule has 0 fully saturated rings. The first-order valence-corrected chi connectivity index (χ1v) is 8.84. The molecule has 5 nitrogen and oxygen atoms in total. The van der Waals surface area contributed by atoms with Crippen molar-refractivity contribution in [1.29, 1.82) is 0 Å². The van der Waals surface area contributed by atoms with E-state index in [1.807, 2.05) is 31.2 Å². The highest BCUT2D eigenvalue weighted by Crippen LogP contribution is 2.31. The van der Waals surface area contributed by atoms with Gasteiger partial charge in [-0.2, -0.15) is 0 Å². The summed E-state index contributed by atoms with van der Waals surface area (Å²) in [6.07, 6.45) is 0.653. The molecule has 2 heterocycles. The highest BCUT2D eigenvalue weighted by Gasteiger charge is 2.18. The molecule has 23 heavy (non-hydrogen) atoms.